The largest absolute Gasteiger partial charge is 0.462 e. The number of ether oxygens (including phenoxy) is 1. The molecule has 1 fully saturated rings. The molecule has 2 rings (SSSR count). The Bertz CT molecular complexity index is 562. The molecule has 0 amide bonds. The van der Waals surface area contributed by atoms with Crippen LogP contribution in [0.5, 0.6) is 0 Å². The van der Waals surface area contributed by atoms with E-state index in [1.54, 1.807) is 19.9 Å². The van der Waals surface area contributed by atoms with Crippen molar-refractivity contribution in [1.29, 1.82) is 0 Å². The van der Waals surface area contributed by atoms with Gasteiger partial charge in [0.15, 0.2) is 0 Å². The molecule has 0 atom stereocenters. The maximum atomic E-state index is 11.9. The molecule has 0 unspecified atom stereocenters. The van der Waals surface area contributed by atoms with E-state index < -0.39 is 5.97 Å². The predicted molar refractivity (Wildman–Crippen MR) is 84.1 cm³/mol. The third kappa shape index (κ3) is 3.84. The summed E-state index contributed by atoms with van der Waals surface area (Å²) < 4.78 is 4.97. The van der Waals surface area contributed by atoms with E-state index in [0.29, 0.717) is 11.5 Å². The highest BCUT2D eigenvalue weighted by Crippen LogP contribution is 2.32. The number of nitro groups is 1. The van der Waals surface area contributed by atoms with Gasteiger partial charge in [0.25, 0.3) is 5.69 Å². The zero-order valence-corrected chi connectivity index (χ0v) is 13.3. The Morgan fingerprint density at radius 3 is 2.59 bits per heavy atom. The highest BCUT2D eigenvalue weighted by molar-refractivity contribution is 5.92. The fourth-order valence-electron chi connectivity index (χ4n) is 3.22. The maximum Gasteiger partial charge on any atom is 0.338 e. The number of hydrogen-bond donors (Lipinski definition) is 0. The van der Waals surface area contributed by atoms with Gasteiger partial charge in [-0.3, -0.25) is 10.1 Å². The lowest BCUT2D eigenvalue weighted by Gasteiger charge is -2.21. The lowest BCUT2D eigenvalue weighted by Crippen LogP contribution is -2.13. The lowest BCUT2D eigenvalue weighted by molar-refractivity contribution is -0.385. The lowest BCUT2D eigenvalue weighted by atomic mass is 9.84. The first-order chi connectivity index (χ1) is 10.5. The van der Waals surface area contributed by atoms with E-state index in [-0.39, 0.29) is 17.2 Å². The summed E-state index contributed by atoms with van der Waals surface area (Å²) in [5.41, 5.74) is 1.82. The van der Waals surface area contributed by atoms with Gasteiger partial charge in [0.05, 0.1) is 17.1 Å². The van der Waals surface area contributed by atoms with Crippen LogP contribution < -0.4 is 0 Å². The number of hydrogen-bond acceptors (Lipinski definition) is 4. The van der Waals surface area contributed by atoms with Crippen LogP contribution in [0.2, 0.25) is 0 Å². The van der Waals surface area contributed by atoms with Crippen LogP contribution in [-0.2, 0) is 11.2 Å². The third-order valence-corrected chi connectivity index (χ3v) is 4.35. The number of carbonyl (C=O) groups is 1. The zero-order valence-electron chi connectivity index (χ0n) is 13.3. The summed E-state index contributed by atoms with van der Waals surface area (Å²) in [6.07, 6.45) is 6.67. The first-order valence-electron chi connectivity index (χ1n) is 7.98. The first kappa shape index (κ1) is 16.5. The van der Waals surface area contributed by atoms with Crippen LogP contribution in [0.15, 0.2) is 12.1 Å². The summed E-state index contributed by atoms with van der Waals surface area (Å²) in [5, 5.41) is 11.4. The molecule has 1 aliphatic carbocycles. The molecular weight excluding hydrogens is 282 g/mol. The highest BCUT2D eigenvalue weighted by Gasteiger charge is 2.23. The molecule has 0 saturated heterocycles. The van der Waals surface area contributed by atoms with Crippen molar-refractivity contribution in [3.05, 3.63) is 38.9 Å². The number of esters is 1. The number of nitrogens with zero attached hydrogens (tertiary/aromatic N) is 1. The molecule has 0 aliphatic heterocycles. The molecule has 0 spiro atoms. The van der Waals surface area contributed by atoms with E-state index in [4.69, 9.17) is 4.74 Å². The van der Waals surface area contributed by atoms with Crippen LogP contribution in [-0.4, -0.2) is 17.5 Å². The van der Waals surface area contributed by atoms with E-state index in [0.717, 1.165) is 30.4 Å². The third-order valence-electron chi connectivity index (χ3n) is 4.35. The minimum absolute atomic E-state index is 0.0410. The number of rotatable bonds is 5. The number of benzene rings is 1. The summed E-state index contributed by atoms with van der Waals surface area (Å²) in [6, 6.07) is 3.17. The number of carbonyl (C=O) groups excluding carboxylic acids is 1. The normalized spacial score (nSPS) is 15.5. The van der Waals surface area contributed by atoms with Crippen LogP contribution in [0, 0.1) is 23.0 Å². The second-order valence-corrected chi connectivity index (χ2v) is 5.98. The molecule has 0 bridgehead atoms. The highest BCUT2D eigenvalue weighted by atomic mass is 16.6. The Hall–Kier alpha value is -1.91. The second kappa shape index (κ2) is 7.38. The van der Waals surface area contributed by atoms with E-state index in [9.17, 15) is 14.9 Å². The number of nitro benzene ring substituents is 1. The average Bonchev–Trinajstić information content (AvgIpc) is 2.48. The minimum Gasteiger partial charge on any atom is -0.462 e. The van der Waals surface area contributed by atoms with Gasteiger partial charge in [-0.1, -0.05) is 32.1 Å². The van der Waals surface area contributed by atoms with Gasteiger partial charge in [-0.05, 0) is 37.8 Å². The van der Waals surface area contributed by atoms with Crippen molar-refractivity contribution >= 4 is 11.7 Å². The fourth-order valence-corrected chi connectivity index (χ4v) is 3.22. The van der Waals surface area contributed by atoms with Gasteiger partial charge in [0.1, 0.15) is 0 Å². The van der Waals surface area contributed by atoms with E-state index in [2.05, 4.69) is 0 Å². The van der Waals surface area contributed by atoms with Crippen LogP contribution >= 0.6 is 0 Å². The standard InChI is InChI=1S/C17H23NO4/c1-3-22-17(19)15-11-16(18(20)21)14(9-12(15)2)10-13-7-5-4-6-8-13/h9,11,13H,3-8,10H2,1-2H3. The molecule has 5 heteroatoms. The Morgan fingerprint density at radius 1 is 1.32 bits per heavy atom. The molecule has 0 aromatic heterocycles. The molecular formula is C17H23NO4. The SMILES string of the molecule is CCOC(=O)c1cc([N+](=O)[O-])c(CC2CCCCC2)cc1C. The van der Waals surface area contributed by atoms with Crippen LogP contribution in [0.1, 0.15) is 60.5 Å². The fraction of sp³-hybridized carbons (Fsp3) is 0.588. The monoisotopic (exact) mass is 305 g/mol. The predicted octanol–water partition coefficient (Wildman–Crippen LogP) is 4.20. The molecule has 1 aromatic rings. The summed E-state index contributed by atoms with van der Waals surface area (Å²) in [4.78, 5) is 22.9. The van der Waals surface area contributed by atoms with Gasteiger partial charge in [0.2, 0.25) is 0 Å². The van der Waals surface area contributed by atoms with Gasteiger partial charge in [-0.15, -0.1) is 0 Å². The van der Waals surface area contributed by atoms with Crippen LogP contribution in [0.3, 0.4) is 0 Å². The van der Waals surface area contributed by atoms with Gasteiger partial charge < -0.3 is 4.74 Å². The average molecular weight is 305 g/mol. The van der Waals surface area contributed by atoms with E-state index >= 15 is 0 Å². The van der Waals surface area contributed by atoms with Gasteiger partial charge in [0, 0.05) is 11.6 Å². The van der Waals surface area contributed by atoms with Gasteiger partial charge in [-0.2, -0.15) is 0 Å². The first-order valence-corrected chi connectivity index (χ1v) is 7.98. The van der Waals surface area contributed by atoms with Crippen LogP contribution in [0.4, 0.5) is 5.69 Å². The molecule has 1 aromatic carbocycles. The molecule has 0 radical (unpaired) electrons. The van der Waals surface area contributed by atoms with Crippen LogP contribution in [0.25, 0.3) is 0 Å². The maximum absolute atomic E-state index is 11.9. The van der Waals surface area contributed by atoms with Crippen molar-refractivity contribution in [3.8, 4) is 0 Å². The topological polar surface area (TPSA) is 69.4 Å². The Kier molecular flexibility index (Phi) is 5.52. The van der Waals surface area contributed by atoms with Crippen molar-refractivity contribution in [2.45, 2.75) is 52.4 Å². The van der Waals surface area contributed by atoms with Crippen molar-refractivity contribution in [2.75, 3.05) is 6.61 Å². The smallest absolute Gasteiger partial charge is 0.338 e. The van der Waals surface area contributed by atoms with E-state index in [1.165, 1.54) is 25.3 Å². The Balaban J connectivity index is 2.30. The summed E-state index contributed by atoms with van der Waals surface area (Å²) in [7, 11) is 0. The molecule has 0 heterocycles. The molecule has 0 N–H and O–H groups in total. The zero-order chi connectivity index (χ0) is 16.1. The molecule has 1 saturated carbocycles. The summed E-state index contributed by atoms with van der Waals surface area (Å²) in [6.45, 7) is 3.79. The van der Waals surface area contributed by atoms with E-state index in [1.807, 2.05) is 0 Å². The Labute approximate surface area is 130 Å². The molecule has 1 aliphatic rings. The van der Waals surface area contributed by atoms with Crippen molar-refractivity contribution in [2.24, 2.45) is 5.92 Å². The quantitative estimate of drug-likeness (QED) is 0.464. The van der Waals surface area contributed by atoms with Crippen molar-refractivity contribution in [3.63, 3.8) is 0 Å². The molecule has 22 heavy (non-hydrogen) atoms. The van der Waals surface area contributed by atoms with Crippen molar-refractivity contribution in [1.82, 2.24) is 0 Å². The summed E-state index contributed by atoms with van der Waals surface area (Å²) >= 11 is 0. The minimum atomic E-state index is -0.493. The van der Waals surface area contributed by atoms with Crippen molar-refractivity contribution < 1.29 is 14.5 Å². The Morgan fingerprint density at radius 2 is 2.00 bits per heavy atom. The molecule has 120 valence electrons. The van der Waals surface area contributed by atoms with Gasteiger partial charge >= 0.3 is 5.97 Å². The summed E-state index contributed by atoms with van der Waals surface area (Å²) in [5.74, 6) is 0.0209. The number of aryl methyl sites for hydroxylation is 1. The molecule has 5 nitrogen and oxygen atoms in total. The second-order valence-electron chi connectivity index (χ2n) is 5.98. The van der Waals surface area contributed by atoms with Gasteiger partial charge in [-0.25, -0.2) is 4.79 Å².